The van der Waals surface area contributed by atoms with Crippen LogP contribution in [0.2, 0.25) is 5.02 Å². The molecule has 1 aromatic rings. The summed E-state index contributed by atoms with van der Waals surface area (Å²) in [4.78, 5) is 14.4. The number of benzene rings is 1. The molecule has 3 nitrogen and oxygen atoms in total. The highest BCUT2D eigenvalue weighted by atomic mass is 127. The monoisotopic (exact) mass is 422 g/mol. The minimum absolute atomic E-state index is 0.0638. The summed E-state index contributed by atoms with van der Waals surface area (Å²) in [6.07, 6.45) is 2.23. The maximum Gasteiger partial charge on any atom is 0.251 e. The Kier molecular flexibility index (Phi) is 7.98. The highest BCUT2D eigenvalue weighted by Gasteiger charge is 2.21. The predicted octanol–water partition coefficient (Wildman–Crippen LogP) is 4.04. The fourth-order valence-electron chi connectivity index (χ4n) is 2.54. The Morgan fingerprint density at radius 1 is 1.33 bits per heavy atom. The van der Waals surface area contributed by atoms with Crippen LogP contribution < -0.4 is 5.32 Å². The Balaban J connectivity index is 2.71. The number of nitrogens with zero attached hydrogens (tertiary/aromatic N) is 1. The molecule has 0 spiro atoms. The van der Waals surface area contributed by atoms with E-state index in [2.05, 4.69) is 60.8 Å². The van der Waals surface area contributed by atoms with E-state index in [1.54, 1.807) is 6.07 Å². The zero-order chi connectivity index (χ0) is 16.0. The number of carbonyl (C=O) groups excluding carboxylic acids is 1. The number of hydrogen-bond acceptors (Lipinski definition) is 2. The minimum atomic E-state index is -0.0638. The third-order valence-electron chi connectivity index (χ3n) is 3.91. The van der Waals surface area contributed by atoms with Crippen molar-refractivity contribution in [2.24, 2.45) is 5.92 Å². The van der Waals surface area contributed by atoms with Gasteiger partial charge in [0.15, 0.2) is 0 Å². The van der Waals surface area contributed by atoms with Gasteiger partial charge in [-0.25, -0.2) is 0 Å². The van der Waals surface area contributed by atoms with E-state index in [1.807, 2.05) is 12.1 Å². The van der Waals surface area contributed by atoms with Gasteiger partial charge in [-0.1, -0.05) is 38.3 Å². The first kappa shape index (κ1) is 18.7. The Bertz CT molecular complexity index is 475. The lowest BCUT2D eigenvalue weighted by atomic mass is 9.93. The number of carbonyl (C=O) groups is 1. The summed E-state index contributed by atoms with van der Waals surface area (Å²) in [6.45, 7) is 5.05. The van der Waals surface area contributed by atoms with Gasteiger partial charge in [0.1, 0.15) is 0 Å². The van der Waals surface area contributed by atoms with E-state index in [-0.39, 0.29) is 5.91 Å². The van der Waals surface area contributed by atoms with E-state index in [1.165, 1.54) is 0 Å². The molecule has 1 atom stereocenters. The van der Waals surface area contributed by atoms with Gasteiger partial charge < -0.3 is 10.2 Å². The number of amides is 1. The van der Waals surface area contributed by atoms with E-state index in [0.29, 0.717) is 29.1 Å². The molecule has 0 aliphatic carbocycles. The lowest BCUT2D eigenvalue weighted by molar-refractivity contribution is 0.0929. The van der Waals surface area contributed by atoms with Crippen LogP contribution in [0.1, 0.15) is 37.0 Å². The van der Waals surface area contributed by atoms with Gasteiger partial charge in [0.05, 0.1) is 5.02 Å². The van der Waals surface area contributed by atoms with Crippen LogP contribution in [0.4, 0.5) is 0 Å². The standard InChI is InChI=1S/C16H24ClIN2O/c1-5-11(6-2)15(20(3)4)10-19-16(21)12-7-8-14(18)13(17)9-12/h7-9,11,15H,5-6,10H2,1-4H3,(H,19,21). The van der Waals surface area contributed by atoms with Gasteiger partial charge >= 0.3 is 0 Å². The minimum Gasteiger partial charge on any atom is -0.350 e. The summed E-state index contributed by atoms with van der Waals surface area (Å²) < 4.78 is 0.953. The fraction of sp³-hybridized carbons (Fsp3) is 0.562. The van der Waals surface area contributed by atoms with Crippen molar-refractivity contribution in [1.29, 1.82) is 0 Å². The Morgan fingerprint density at radius 2 is 1.95 bits per heavy atom. The molecular formula is C16H24ClIN2O. The highest BCUT2D eigenvalue weighted by molar-refractivity contribution is 14.1. The van der Waals surface area contributed by atoms with Crippen molar-refractivity contribution in [2.45, 2.75) is 32.7 Å². The van der Waals surface area contributed by atoms with Gasteiger partial charge in [-0.15, -0.1) is 0 Å². The molecule has 118 valence electrons. The first-order chi connectivity index (χ1) is 9.90. The smallest absolute Gasteiger partial charge is 0.251 e. The zero-order valence-corrected chi connectivity index (χ0v) is 16.0. The van der Waals surface area contributed by atoms with Crippen LogP contribution in [0.5, 0.6) is 0 Å². The molecule has 0 aliphatic rings. The van der Waals surface area contributed by atoms with Crippen LogP contribution in [0.15, 0.2) is 18.2 Å². The summed E-state index contributed by atoms with van der Waals surface area (Å²) in [5, 5.41) is 3.65. The van der Waals surface area contributed by atoms with E-state index in [9.17, 15) is 4.79 Å². The van der Waals surface area contributed by atoms with Crippen molar-refractivity contribution in [3.05, 3.63) is 32.4 Å². The molecule has 0 saturated heterocycles. The second kappa shape index (κ2) is 8.96. The van der Waals surface area contributed by atoms with Crippen molar-refractivity contribution >= 4 is 40.1 Å². The number of likely N-dealkylation sites (N-methyl/N-ethyl adjacent to an activating group) is 1. The average molecular weight is 423 g/mol. The molecule has 0 radical (unpaired) electrons. The van der Waals surface area contributed by atoms with Gasteiger partial charge in [0.2, 0.25) is 0 Å². The van der Waals surface area contributed by atoms with Gasteiger partial charge in [-0.05, 0) is 60.8 Å². The fourth-order valence-corrected chi connectivity index (χ4v) is 3.06. The van der Waals surface area contributed by atoms with Gasteiger partial charge in [-0.3, -0.25) is 4.79 Å². The molecular weight excluding hydrogens is 399 g/mol. The van der Waals surface area contributed by atoms with Crippen molar-refractivity contribution in [2.75, 3.05) is 20.6 Å². The van der Waals surface area contributed by atoms with Gasteiger partial charge in [0.25, 0.3) is 5.91 Å². The molecule has 0 aromatic heterocycles. The molecule has 0 heterocycles. The van der Waals surface area contributed by atoms with Crippen LogP contribution in [0.3, 0.4) is 0 Å². The molecule has 5 heteroatoms. The summed E-state index contributed by atoms with van der Waals surface area (Å²) in [6, 6.07) is 5.75. The van der Waals surface area contributed by atoms with Crippen LogP contribution in [-0.2, 0) is 0 Å². The quantitative estimate of drug-likeness (QED) is 0.673. The molecule has 1 unspecified atom stereocenters. The molecule has 21 heavy (non-hydrogen) atoms. The maximum absolute atomic E-state index is 12.2. The normalized spacial score (nSPS) is 12.8. The Hall–Kier alpha value is -0.330. The van der Waals surface area contributed by atoms with Crippen LogP contribution in [-0.4, -0.2) is 37.5 Å². The van der Waals surface area contributed by atoms with Crippen LogP contribution >= 0.6 is 34.2 Å². The molecule has 0 saturated carbocycles. The zero-order valence-electron chi connectivity index (χ0n) is 13.1. The third-order valence-corrected chi connectivity index (χ3v) is 5.48. The first-order valence-electron chi connectivity index (χ1n) is 7.30. The van der Waals surface area contributed by atoms with E-state index >= 15 is 0 Å². The Morgan fingerprint density at radius 3 is 2.43 bits per heavy atom. The molecule has 0 aliphatic heterocycles. The predicted molar refractivity (Wildman–Crippen MR) is 98.0 cm³/mol. The van der Waals surface area contributed by atoms with E-state index < -0.39 is 0 Å². The molecule has 0 fully saturated rings. The number of hydrogen-bond donors (Lipinski definition) is 1. The number of rotatable bonds is 7. The van der Waals surface area contributed by atoms with Crippen molar-refractivity contribution in [3.8, 4) is 0 Å². The average Bonchev–Trinajstić information content (AvgIpc) is 2.45. The lowest BCUT2D eigenvalue weighted by Crippen LogP contribution is -2.44. The summed E-state index contributed by atoms with van der Waals surface area (Å²) in [5.41, 5.74) is 0.613. The Labute approximate surface area is 146 Å². The van der Waals surface area contributed by atoms with E-state index in [4.69, 9.17) is 11.6 Å². The number of nitrogens with one attached hydrogen (secondary N) is 1. The van der Waals surface area contributed by atoms with Crippen molar-refractivity contribution in [3.63, 3.8) is 0 Å². The summed E-state index contributed by atoms with van der Waals surface area (Å²) >= 11 is 8.22. The lowest BCUT2D eigenvalue weighted by Gasteiger charge is -2.31. The summed E-state index contributed by atoms with van der Waals surface area (Å²) in [7, 11) is 4.13. The summed E-state index contributed by atoms with van der Waals surface area (Å²) in [5.74, 6) is 0.520. The molecule has 1 N–H and O–H groups in total. The number of halogens is 2. The molecule has 0 bridgehead atoms. The molecule has 1 aromatic carbocycles. The van der Waals surface area contributed by atoms with Crippen LogP contribution in [0.25, 0.3) is 0 Å². The van der Waals surface area contributed by atoms with E-state index in [0.717, 1.165) is 16.4 Å². The molecule has 1 amide bonds. The molecule has 1 rings (SSSR count). The maximum atomic E-state index is 12.2. The largest absolute Gasteiger partial charge is 0.350 e. The highest BCUT2D eigenvalue weighted by Crippen LogP contribution is 2.20. The van der Waals surface area contributed by atoms with Crippen molar-refractivity contribution < 1.29 is 4.79 Å². The second-order valence-electron chi connectivity index (χ2n) is 5.45. The second-order valence-corrected chi connectivity index (χ2v) is 7.02. The van der Waals surface area contributed by atoms with Gasteiger partial charge in [0, 0.05) is 21.7 Å². The first-order valence-corrected chi connectivity index (χ1v) is 8.76. The topological polar surface area (TPSA) is 32.3 Å². The third kappa shape index (κ3) is 5.42. The van der Waals surface area contributed by atoms with Crippen LogP contribution in [0, 0.1) is 9.49 Å². The van der Waals surface area contributed by atoms with Crippen molar-refractivity contribution in [1.82, 2.24) is 10.2 Å². The SMILES string of the molecule is CCC(CC)C(CNC(=O)c1ccc(I)c(Cl)c1)N(C)C. The van der Waals surface area contributed by atoms with Gasteiger partial charge in [-0.2, -0.15) is 0 Å².